The van der Waals surface area contributed by atoms with Crippen LogP contribution in [0.15, 0.2) is 60.7 Å². The minimum atomic E-state index is -2.03. The lowest BCUT2D eigenvalue weighted by Crippen LogP contribution is -2.40. The first-order chi connectivity index (χ1) is 10.1. The molecule has 0 aliphatic heterocycles. The molecule has 0 amide bonds. The van der Waals surface area contributed by atoms with Crippen LogP contribution in [0.25, 0.3) is 5.57 Å². The van der Waals surface area contributed by atoms with Gasteiger partial charge in [-0.1, -0.05) is 54.6 Å². The molecule has 0 fully saturated rings. The van der Waals surface area contributed by atoms with Crippen LogP contribution in [-0.4, -0.2) is 22.2 Å². The standard InChI is InChI=1S/C17H12O4/c18-15(19)17(16(20)21)10-13(11-6-2-1-3-7-11)12-8-4-5-9-14(12)17/h1-10H,(H,18,19)(H,20,21). The van der Waals surface area contributed by atoms with E-state index in [4.69, 9.17) is 0 Å². The third-order valence-electron chi connectivity index (χ3n) is 3.76. The van der Waals surface area contributed by atoms with Gasteiger partial charge >= 0.3 is 11.9 Å². The number of benzene rings is 2. The van der Waals surface area contributed by atoms with Crippen LogP contribution in [0.3, 0.4) is 0 Å². The number of carboxylic acids is 2. The lowest BCUT2D eigenvalue weighted by atomic mass is 9.83. The van der Waals surface area contributed by atoms with Gasteiger partial charge in [0.25, 0.3) is 0 Å². The Morgan fingerprint density at radius 1 is 0.810 bits per heavy atom. The zero-order valence-electron chi connectivity index (χ0n) is 11.0. The normalized spacial score (nSPS) is 15.1. The number of aliphatic carboxylic acids is 2. The molecule has 1 aliphatic rings. The molecule has 4 heteroatoms. The number of fused-ring (bicyclic) bond motifs is 1. The molecule has 0 radical (unpaired) electrons. The molecule has 3 rings (SSSR count). The van der Waals surface area contributed by atoms with E-state index in [1.165, 1.54) is 6.08 Å². The molecule has 0 saturated carbocycles. The third-order valence-corrected chi connectivity index (χ3v) is 3.76. The van der Waals surface area contributed by atoms with Gasteiger partial charge in [-0.05, 0) is 28.3 Å². The predicted octanol–water partition coefficient (Wildman–Crippen LogP) is 2.54. The van der Waals surface area contributed by atoms with Crippen molar-refractivity contribution in [3.63, 3.8) is 0 Å². The molecule has 0 heterocycles. The van der Waals surface area contributed by atoms with Crippen LogP contribution in [0.5, 0.6) is 0 Å². The summed E-state index contributed by atoms with van der Waals surface area (Å²) in [4.78, 5) is 23.4. The van der Waals surface area contributed by atoms with Gasteiger partial charge in [-0.2, -0.15) is 0 Å². The van der Waals surface area contributed by atoms with Gasteiger partial charge in [-0.15, -0.1) is 0 Å². The van der Waals surface area contributed by atoms with Crippen LogP contribution < -0.4 is 0 Å². The van der Waals surface area contributed by atoms with Crippen LogP contribution in [0, 0.1) is 0 Å². The molecule has 0 saturated heterocycles. The number of carbonyl (C=O) groups is 2. The highest BCUT2D eigenvalue weighted by atomic mass is 16.4. The maximum absolute atomic E-state index is 11.7. The summed E-state index contributed by atoms with van der Waals surface area (Å²) in [5, 5.41) is 19.0. The molecule has 2 aromatic carbocycles. The van der Waals surface area contributed by atoms with E-state index < -0.39 is 17.4 Å². The van der Waals surface area contributed by atoms with Gasteiger partial charge in [0.2, 0.25) is 5.41 Å². The maximum Gasteiger partial charge on any atom is 0.329 e. The van der Waals surface area contributed by atoms with Crippen LogP contribution in [0.4, 0.5) is 0 Å². The van der Waals surface area contributed by atoms with E-state index in [1.54, 1.807) is 24.3 Å². The zero-order valence-corrected chi connectivity index (χ0v) is 11.0. The van der Waals surface area contributed by atoms with Crippen molar-refractivity contribution in [3.05, 3.63) is 77.4 Å². The Bertz CT molecular complexity index is 745. The van der Waals surface area contributed by atoms with Crippen LogP contribution in [0.1, 0.15) is 16.7 Å². The lowest BCUT2D eigenvalue weighted by molar-refractivity contribution is -0.154. The Balaban J connectivity index is 2.32. The number of rotatable bonds is 3. The Labute approximate surface area is 121 Å². The minimum Gasteiger partial charge on any atom is -0.480 e. The molecule has 0 atom stereocenters. The van der Waals surface area contributed by atoms with Gasteiger partial charge in [0.05, 0.1) is 0 Å². The smallest absolute Gasteiger partial charge is 0.329 e. The first-order valence-corrected chi connectivity index (χ1v) is 6.42. The van der Waals surface area contributed by atoms with Crippen molar-refractivity contribution in [1.29, 1.82) is 0 Å². The fourth-order valence-electron chi connectivity index (χ4n) is 2.74. The van der Waals surface area contributed by atoms with Crippen LogP contribution in [0.2, 0.25) is 0 Å². The highest BCUT2D eigenvalue weighted by Gasteiger charge is 2.51. The summed E-state index contributed by atoms with van der Waals surface area (Å²) >= 11 is 0. The maximum atomic E-state index is 11.7. The largest absolute Gasteiger partial charge is 0.480 e. The van der Waals surface area contributed by atoms with Gasteiger partial charge in [0, 0.05) is 0 Å². The highest BCUT2D eigenvalue weighted by molar-refractivity contribution is 6.13. The Morgan fingerprint density at radius 2 is 1.38 bits per heavy atom. The third kappa shape index (κ3) is 1.76. The van der Waals surface area contributed by atoms with Gasteiger partial charge in [-0.3, -0.25) is 9.59 Å². The predicted molar refractivity (Wildman–Crippen MR) is 76.9 cm³/mol. The summed E-state index contributed by atoms with van der Waals surface area (Å²) < 4.78 is 0. The summed E-state index contributed by atoms with van der Waals surface area (Å²) in [5.74, 6) is -2.76. The van der Waals surface area contributed by atoms with Crippen LogP contribution in [-0.2, 0) is 15.0 Å². The number of carboxylic acid groups (broad SMARTS) is 2. The Kier molecular flexibility index (Phi) is 2.87. The second-order valence-corrected chi connectivity index (χ2v) is 4.89. The molecule has 2 aromatic rings. The average Bonchev–Trinajstić information content (AvgIpc) is 2.85. The molecule has 4 nitrogen and oxygen atoms in total. The van der Waals surface area contributed by atoms with E-state index in [-0.39, 0.29) is 0 Å². The number of hydrogen-bond donors (Lipinski definition) is 2. The molecular formula is C17H12O4. The molecule has 21 heavy (non-hydrogen) atoms. The van der Waals surface area contributed by atoms with E-state index in [1.807, 2.05) is 30.3 Å². The van der Waals surface area contributed by atoms with Crippen molar-refractivity contribution >= 4 is 17.5 Å². The van der Waals surface area contributed by atoms with Gasteiger partial charge in [-0.25, -0.2) is 0 Å². The quantitative estimate of drug-likeness (QED) is 0.847. The average molecular weight is 280 g/mol. The van der Waals surface area contributed by atoms with Crippen molar-refractivity contribution < 1.29 is 19.8 Å². The van der Waals surface area contributed by atoms with Gasteiger partial charge in [0.1, 0.15) is 0 Å². The van der Waals surface area contributed by atoms with E-state index in [9.17, 15) is 19.8 Å². The molecule has 0 bridgehead atoms. The second-order valence-electron chi connectivity index (χ2n) is 4.89. The fourth-order valence-corrected chi connectivity index (χ4v) is 2.74. The SMILES string of the molecule is O=C(O)C1(C(=O)O)C=C(c2ccccc2)c2ccccc21. The lowest BCUT2D eigenvalue weighted by Gasteiger charge is -2.18. The molecular weight excluding hydrogens is 268 g/mol. The molecule has 1 aliphatic carbocycles. The molecule has 0 aromatic heterocycles. The minimum absolute atomic E-state index is 0.295. The molecule has 2 N–H and O–H groups in total. The Hall–Kier alpha value is -2.88. The van der Waals surface area contributed by atoms with Crippen molar-refractivity contribution in [2.24, 2.45) is 0 Å². The number of hydrogen-bond acceptors (Lipinski definition) is 2. The first kappa shape index (κ1) is 13.1. The van der Waals surface area contributed by atoms with E-state index >= 15 is 0 Å². The monoisotopic (exact) mass is 280 g/mol. The Morgan fingerprint density at radius 3 is 2.00 bits per heavy atom. The molecule has 104 valence electrons. The summed E-state index contributed by atoms with van der Waals surface area (Å²) in [5.41, 5.74) is 0.351. The summed E-state index contributed by atoms with van der Waals surface area (Å²) in [6, 6.07) is 15.9. The fraction of sp³-hybridized carbons (Fsp3) is 0.0588. The van der Waals surface area contributed by atoms with E-state index in [0.717, 1.165) is 5.56 Å². The highest BCUT2D eigenvalue weighted by Crippen LogP contribution is 2.43. The van der Waals surface area contributed by atoms with Crippen molar-refractivity contribution in [2.45, 2.75) is 5.41 Å². The summed E-state index contributed by atoms with van der Waals surface area (Å²) in [7, 11) is 0. The topological polar surface area (TPSA) is 74.6 Å². The van der Waals surface area contributed by atoms with Crippen molar-refractivity contribution in [1.82, 2.24) is 0 Å². The summed E-state index contributed by atoms with van der Waals surface area (Å²) in [6.07, 6.45) is 1.33. The van der Waals surface area contributed by atoms with Gasteiger partial charge in [0.15, 0.2) is 0 Å². The van der Waals surface area contributed by atoms with Crippen LogP contribution >= 0.6 is 0 Å². The van der Waals surface area contributed by atoms with E-state index in [0.29, 0.717) is 16.7 Å². The zero-order chi connectivity index (χ0) is 15.0. The molecule has 0 spiro atoms. The summed E-state index contributed by atoms with van der Waals surface area (Å²) in [6.45, 7) is 0. The second kappa shape index (κ2) is 4.59. The first-order valence-electron chi connectivity index (χ1n) is 6.42. The van der Waals surface area contributed by atoms with E-state index in [2.05, 4.69) is 0 Å². The van der Waals surface area contributed by atoms with Crippen molar-refractivity contribution in [2.75, 3.05) is 0 Å². The van der Waals surface area contributed by atoms with Gasteiger partial charge < -0.3 is 10.2 Å². The molecule has 0 unspecified atom stereocenters. The van der Waals surface area contributed by atoms with Crippen molar-refractivity contribution in [3.8, 4) is 0 Å².